The molecule has 1 heterocycles. The van der Waals surface area contributed by atoms with Crippen LogP contribution in [-0.4, -0.2) is 9.55 Å². The molecular weight excluding hydrogens is 186 g/mol. The van der Waals surface area contributed by atoms with Crippen molar-refractivity contribution in [3.05, 3.63) is 24.0 Å². The van der Waals surface area contributed by atoms with Crippen molar-refractivity contribution >= 4 is 16.7 Å². The molecule has 0 aliphatic heterocycles. The van der Waals surface area contributed by atoms with Gasteiger partial charge in [-0.2, -0.15) is 0 Å². The van der Waals surface area contributed by atoms with Gasteiger partial charge in [0.15, 0.2) is 0 Å². The second-order valence-electron chi connectivity index (χ2n) is 4.40. The van der Waals surface area contributed by atoms with Gasteiger partial charge in [-0.25, -0.2) is 4.98 Å². The molecule has 1 aromatic carbocycles. The zero-order valence-corrected chi connectivity index (χ0v) is 9.49. The summed E-state index contributed by atoms with van der Waals surface area (Å²) in [5.74, 6) is 1.72. The molecule has 2 N–H and O–H groups in total. The van der Waals surface area contributed by atoms with E-state index in [2.05, 4.69) is 29.5 Å². The van der Waals surface area contributed by atoms with Gasteiger partial charge < -0.3 is 10.3 Å². The smallest absolute Gasteiger partial charge is 0.112 e. The third kappa shape index (κ3) is 1.69. The van der Waals surface area contributed by atoms with Gasteiger partial charge in [-0.05, 0) is 18.1 Å². The van der Waals surface area contributed by atoms with Crippen molar-refractivity contribution in [2.45, 2.75) is 20.3 Å². The van der Waals surface area contributed by atoms with E-state index in [9.17, 15) is 0 Å². The molecule has 3 nitrogen and oxygen atoms in total. The van der Waals surface area contributed by atoms with Gasteiger partial charge in [0.1, 0.15) is 11.3 Å². The Bertz CT molecular complexity index is 483. The fraction of sp³-hybridized carbons (Fsp3) is 0.417. The lowest BCUT2D eigenvalue weighted by Crippen LogP contribution is -2.02. The van der Waals surface area contributed by atoms with Gasteiger partial charge in [0.25, 0.3) is 0 Å². The first-order valence-electron chi connectivity index (χ1n) is 5.29. The molecule has 1 aromatic heterocycles. The summed E-state index contributed by atoms with van der Waals surface area (Å²) in [5.41, 5.74) is 8.70. The molecule has 80 valence electrons. The standard InChI is InChI=1S/C12H17N3/c1-8(2)7-11-14-12-9(13)5-4-6-10(12)15(11)3/h4-6,8H,7,13H2,1-3H3. The van der Waals surface area contributed by atoms with E-state index in [0.29, 0.717) is 5.92 Å². The van der Waals surface area contributed by atoms with Crippen molar-refractivity contribution in [3.8, 4) is 0 Å². The number of imidazole rings is 1. The second-order valence-corrected chi connectivity index (χ2v) is 4.40. The minimum atomic E-state index is 0.613. The molecule has 0 fully saturated rings. The quantitative estimate of drug-likeness (QED) is 0.761. The number of aromatic nitrogens is 2. The number of nitrogens with two attached hydrogens (primary N) is 1. The van der Waals surface area contributed by atoms with Crippen molar-refractivity contribution in [3.63, 3.8) is 0 Å². The van der Waals surface area contributed by atoms with Gasteiger partial charge in [-0.15, -0.1) is 0 Å². The molecule has 2 aromatic rings. The SMILES string of the molecule is CC(C)Cc1nc2c(N)cccc2n1C. The first kappa shape index (κ1) is 10.0. The van der Waals surface area contributed by atoms with E-state index in [-0.39, 0.29) is 0 Å². The Hall–Kier alpha value is -1.51. The summed E-state index contributed by atoms with van der Waals surface area (Å²) in [6, 6.07) is 5.93. The van der Waals surface area contributed by atoms with Gasteiger partial charge in [-0.3, -0.25) is 0 Å². The maximum absolute atomic E-state index is 5.89. The van der Waals surface area contributed by atoms with Crippen LogP contribution >= 0.6 is 0 Å². The Balaban J connectivity index is 2.59. The molecule has 3 heteroatoms. The molecule has 0 amide bonds. The van der Waals surface area contributed by atoms with Gasteiger partial charge in [-0.1, -0.05) is 19.9 Å². The van der Waals surface area contributed by atoms with Gasteiger partial charge in [0.05, 0.1) is 11.2 Å². The molecule has 0 spiro atoms. The van der Waals surface area contributed by atoms with Crippen LogP contribution in [0.2, 0.25) is 0 Å². The van der Waals surface area contributed by atoms with Gasteiger partial charge in [0, 0.05) is 13.5 Å². The van der Waals surface area contributed by atoms with Crippen LogP contribution < -0.4 is 5.73 Å². The first-order valence-corrected chi connectivity index (χ1v) is 5.29. The molecule has 0 saturated heterocycles. The lowest BCUT2D eigenvalue weighted by molar-refractivity contribution is 0.606. The Morgan fingerprint density at radius 2 is 2.13 bits per heavy atom. The first-order chi connectivity index (χ1) is 7.09. The minimum absolute atomic E-state index is 0.613. The summed E-state index contributed by atoms with van der Waals surface area (Å²) in [6.07, 6.45) is 0.991. The van der Waals surface area contributed by atoms with Crippen LogP contribution in [0.3, 0.4) is 0 Å². The van der Waals surface area contributed by atoms with E-state index in [1.807, 2.05) is 19.2 Å². The maximum atomic E-state index is 5.89. The Morgan fingerprint density at radius 1 is 1.40 bits per heavy atom. The number of benzene rings is 1. The highest BCUT2D eigenvalue weighted by Gasteiger charge is 2.10. The molecule has 2 rings (SSSR count). The van der Waals surface area contributed by atoms with E-state index in [0.717, 1.165) is 29.0 Å². The maximum Gasteiger partial charge on any atom is 0.112 e. The molecule has 0 bridgehead atoms. The lowest BCUT2D eigenvalue weighted by Gasteiger charge is -2.04. The van der Waals surface area contributed by atoms with Crippen molar-refractivity contribution < 1.29 is 0 Å². The van der Waals surface area contributed by atoms with Crippen LogP contribution in [0.1, 0.15) is 19.7 Å². The highest BCUT2D eigenvalue weighted by atomic mass is 15.1. The Morgan fingerprint density at radius 3 is 2.73 bits per heavy atom. The van der Waals surface area contributed by atoms with Gasteiger partial charge in [0.2, 0.25) is 0 Å². The number of fused-ring (bicyclic) bond motifs is 1. The fourth-order valence-electron chi connectivity index (χ4n) is 1.83. The minimum Gasteiger partial charge on any atom is -0.397 e. The Kier molecular flexibility index (Phi) is 2.39. The van der Waals surface area contributed by atoms with E-state index in [4.69, 9.17) is 5.73 Å². The van der Waals surface area contributed by atoms with Gasteiger partial charge >= 0.3 is 0 Å². The van der Waals surface area contributed by atoms with E-state index in [1.54, 1.807) is 0 Å². The predicted molar refractivity (Wildman–Crippen MR) is 63.7 cm³/mol. The van der Waals surface area contributed by atoms with Crippen molar-refractivity contribution in [1.29, 1.82) is 0 Å². The average molecular weight is 203 g/mol. The zero-order valence-electron chi connectivity index (χ0n) is 9.49. The lowest BCUT2D eigenvalue weighted by atomic mass is 10.1. The zero-order chi connectivity index (χ0) is 11.0. The third-order valence-corrected chi connectivity index (χ3v) is 2.63. The third-order valence-electron chi connectivity index (χ3n) is 2.63. The molecule has 0 unspecified atom stereocenters. The fourth-order valence-corrected chi connectivity index (χ4v) is 1.83. The van der Waals surface area contributed by atoms with Crippen LogP contribution in [0.5, 0.6) is 0 Å². The summed E-state index contributed by atoms with van der Waals surface area (Å²) in [4.78, 5) is 4.59. The van der Waals surface area contributed by atoms with Crippen molar-refractivity contribution in [2.24, 2.45) is 13.0 Å². The van der Waals surface area contributed by atoms with Crippen molar-refractivity contribution in [2.75, 3.05) is 5.73 Å². The number of rotatable bonds is 2. The van der Waals surface area contributed by atoms with E-state index >= 15 is 0 Å². The summed E-state index contributed by atoms with van der Waals surface area (Å²) in [5, 5.41) is 0. The second kappa shape index (κ2) is 3.57. The molecule has 15 heavy (non-hydrogen) atoms. The molecule has 0 radical (unpaired) electrons. The summed E-state index contributed by atoms with van der Waals surface area (Å²) < 4.78 is 2.13. The number of para-hydroxylation sites is 1. The number of nitrogens with zero attached hydrogens (tertiary/aromatic N) is 2. The number of nitrogen functional groups attached to an aromatic ring is 1. The molecule has 0 saturated carbocycles. The van der Waals surface area contributed by atoms with Crippen molar-refractivity contribution in [1.82, 2.24) is 9.55 Å². The number of anilines is 1. The summed E-state index contributed by atoms with van der Waals surface area (Å²) >= 11 is 0. The monoisotopic (exact) mass is 203 g/mol. The number of aryl methyl sites for hydroxylation is 1. The number of hydrogen-bond acceptors (Lipinski definition) is 2. The largest absolute Gasteiger partial charge is 0.397 e. The predicted octanol–water partition coefficient (Wildman–Crippen LogP) is 2.35. The summed E-state index contributed by atoms with van der Waals surface area (Å²) in [6.45, 7) is 4.39. The average Bonchev–Trinajstić information content (AvgIpc) is 2.46. The van der Waals surface area contributed by atoms with Crippen LogP contribution in [0.25, 0.3) is 11.0 Å². The summed E-state index contributed by atoms with van der Waals surface area (Å²) in [7, 11) is 2.05. The van der Waals surface area contributed by atoms with E-state index in [1.165, 1.54) is 0 Å². The molecule has 0 aliphatic rings. The van der Waals surface area contributed by atoms with E-state index < -0.39 is 0 Å². The van der Waals surface area contributed by atoms with Crippen LogP contribution in [0, 0.1) is 5.92 Å². The normalized spacial score (nSPS) is 11.5. The topological polar surface area (TPSA) is 43.8 Å². The highest BCUT2D eigenvalue weighted by Crippen LogP contribution is 2.21. The molecule has 0 atom stereocenters. The van der Waals surface area contributed by atoms with Crippen LogP contribution in [0.4, 0.5) is 5.69 Å². The Labute approximate surface area is 89.9 Å². The van der Waals surface area contributed by atoms with Crippen LogP contribution in [-0.2, 0) is 13.5 Å². The molecule has 0 aliphatic carbocycles. The highest BCUT2D eigenvalue weighted by molar-refractivity contribution is 5.87. The number of hydrogen-bond donors (Lipinski definition) is 1. The molecular formula is C12H17N3. The van der Waals surface area contributed by atoms with Crippen LogP contribution in [0.15, 0.2) is 18.2 Å².